The maximum atomic E-state index is 13.3. The number of fused-ring (bicyclic) bond motifs is 2. The molecule has 2 aromatic carbocycles. The van der Waals surface area contributed by atoms with Crippen LogP contribution in [0.1, 0.15) is 13.8 Å². The van der Waals surface area contributed by atoms with Crippen LogP contribution in [0, 0.1) is 0 Å². The Morgan fingerprint density at radius 3 is 2.35 bits per heavy atom. The lowest BCUT2D eigenvalue weighted by Gasteiger charge is -2.39. The molecule has 0 saturated heterocycles. The molecule has 6 nitrogen and oxygen atoms in total. The summed E-state index contributed by atoms with van der Waals surface area (Å²) in [6.45, 7) is 3.17. The quantitative estimate of drug-likeness (QED) is 0.752. The van der Waals surface area contributed by atoms with E-state index in [1.807, 2.05) is 0 Å². The van der Waals surface area contributed by atoms with Crippen molar-refractivity contribution in [1.29, 1.82) is 0 Å². The molecule has 0 spiro atoms. The Balaban J connectivity index is 1.89. The van der Waals surface area contributed by atoms with E-state index in [9.17, 15) is 13.6 Å². The van der Waals surface area contributed by atoms with Crippen LogP contribution in [0.25, 0.3) is 0 Å². The zero-order valence-corrected chi connectivity index (χ0v) is 14.4. The summed E-state index contributed by atoms with van der Waals surface area (Å²) >= 11 is 6.25. The number of anilines is 3. The minimum Gasteiger partial charge on any atom is -0.476 e. The Labute approximate surface area is 152 Å². The molecule has 0 unspecified atom stereocenters. The van der Waals surface area contributed by atoms with Crippen LogP contribution >= 0.6 is 11.6 Å². The fraction of sp³-hybridized carbons (Fsp3) is 0.235. The summed E-state index contributed by atoms with van der Waals surface area (Å²) < 4.78 is 41.2. The molecule has 0 fully saturated rings. The number of carbonyl (C=O) groups excluding carboxylic acids is 1. The van der Waals surface area contributed by atoms with E-state index in [0.717, 1.165) is 0 Å². The molecule has 0 aliphatic carbocycles. The van der Waals surface area contributed by atoms with Crippen LogP contribution in [0.15, 0.2) is 30.3 Å². The van der Waals surface area contributed by atoms with Gasteiger partial charge in [-0.25, -0.2) is 0 Å². The maximum absolute atomic E-state index is 13.3. The van der Waals surface area contributed by atoms with Crippen molar-refractivity contribution in [2.45, 2.75) is 25.7 Å². The Morgan fingerprint density at radius 1 is 1.00 bits per heavy atom. The molecule has 2 N–H and O–H groups in total. The molecule has 0 atom stereocenters. The molecular formula is C17H13ClF2N2O4. The van der Waals surface area contributed by atoms with E-state index < -0.39 is 17.8 Å². The summed E-state index contributed by atoms with van der Waals surface area (Å²) in [5.41, 5.74) is 5.58. The number of benzene rings is 2. The fourth-order valence-electron chi connectivity index (χ4n) is 2.87. The van der Waals surface area contributed by atoms with E-state index in [2.05, 4.69) is 9.47 Å². The first-order valence-corrected chi connectivity index (χ1v) is 7.98. The van der Waals surface area contributed by atoms with E-state index >= 15 is 0 Å². The van der Waals surface area contributed by atoms with Gasteiger partial charge < -0.3 is 19.9 Å². The van der Waals surface area contributed by atoms with Gasteiger partial charge in [0.2, 0.25) is 0 Å². The van der Waals surface area contributed by atoms with Crippen molar-refractivity contribution in [3.63, 3.8) is 0 Å². The average Bonchev–Trinajstić information content (AvgIpc) is 2.81. The normalized spacial score (nSPS) is 19.1. The molecule has 0 radical (unpaired) electrons. The second kappa shape index (κ2) is 5.14. The molecular weight excluding hydrogens is 370 g/mol. The highest BCUT2D eigenvalue weighted by Crippen LogP contribution is 2.50. The molecule has 0 bridgehead atoms. The summed E-state index contributed by atoms with van der Waals surface area (Å²) in [5, 5.41) is 0.0406. The highest BCUT2D eigenvalue weighted by molar-refractivity contribution is 6.34. The van der Waals surface area contributed by atoms with Crippen LogP contribution in [-0.4, -0.2) is 17.8 Å². The molecule has 2 aromatic rings. The van der Waals surface area contributed by atoms with Crippen molar-refractivity contribution in [3.05, 3.63) is 35.4 Å². The Morgan fingerprint density at radius 2 is 1.65 bits per heavy atom. The first kappa shape index (κ1) is 16.7. The monoisotopic (exact) mass is 382 g/mol. The number of rotatable bonds is 1. The van der Waals surface area contributed by atoms with Gasteiger partial charge in [0.05, 0.1) is 16.4 Å². The summed E-state index contributed by atoms with van der Waals surface area (Å²) in [4.78, 5) is 14.3. The highest BCUT2D eigenvalue weighted by atomic mass is 35.5. The Kier molecular flexibility index (Phi) is 3.30. The van der Waals surface area contributed by atoms with Crippen LogP contribution in [0.2, 0.25) is 5.02 Å². The van der Waals surface area contributed by atoms with Crippen LogP contribution in [0.5, 0.6) is 17.2 Å². The second-order valence-electron chi connectivity index (χ2n) is 6.40. The third-order valence-corrected chi connectivity index (χ3v) is 4.32. The lowest BCUT2D eigenvalue weighted by atomic mass is 10.0. The SMILES string of the molecule is CC1(C)Oc2cc(N)ccc2N(c2cc3c(cc2Cl)OC(F)(F)O3)C1=O. The molecule has 0 aromatic heterocycles. The standard InChI is InChI=1S/C17H13ClF2N2O4/c1-16(2)15(23)22(10-4-3-8(21)5-12(10)24-16)11-7-14-13(6-9(11)18)25-17(19,20)26-14/h3-7H,21H2,1-2H3. The molecule has 1 amide bonds. The van der Waals surface area contributed by atoms with Gasteiger partial charge in [0.25, 0.3) is 5.91 Å². The van der Waals surface area contributed by atoms with Gasteiger partial charge in [-0.05, 0) is 26.0 Å². The summed E-state index contributed by atoms with van der Waals surface area (Å²) in [7, 11) is 0. The van der Waals surface area contributed by atoms with Crippen molar-refractivity contribution in [1.82, 2.24) is 0 Å². The number of nitrogen functional groups attached to an aromatic ring is 1. The van der Waals surface area contributed by atoms with Gasteiger partial charge in [-0.1, -0.05) is 11.6 Å². The van der Waals surface area contributed by atoms with Crippen LogP contribution < -0.4 is 24.8 Å². The number of nitrogens with zero attached hydrogens (tertiary/aromatic N) is 1. The lowest BCUT2D eigenvalue weighted by molar-refractivity contribution is -0.286. The zero-order valence-electron chi connectivity index (χ0n) is 13.7. The molecule has 4 rings (SSSR count). The number of hydrogen-bond donors (Lipinski definition) is 1. The number of hydrogen-bond acceptors (Lipinski definition) is 5. The number of halogens is 3. The van der Waals surface area contributed by atoms with Gasteiger partial charge in [-0.2, -0.15) is 0 Å². The van der Waals surface area contributed by atoms with Crippen LogP contribution in [0.4, 0.5) is 25.8 Å². The molecule has 2 aliphatic rings. The van der Waals surface area contributed by atoms with Gasteiger partial charge in [0, 0.05) is 23.9 Å². The second-order valence-corrected chi connectivity index (χ2v) is 6.81. The first-order chi connectivity index (χ1) is 12.1. The molecule has 26 heavy (non-hydrogen) atoms. The predicted octanol–water partition coefficient (Wildman–Crippen LogP) is 4.08. The summed E-state index contributed by atoms with van der Waals surface area (Å²) in [6.07, 6.45) is -3.79. The summed E-state index contributed by atoms with van der Waals surface area (Å²) in [5.74, 6) is -0.485. The zero-order chi connectivity index (χ0) is 18.9. The molecule has 136 valence electrons. The number of amides is 1. The average molecular weight is 383 g/mol. The van der Waals surface area contributed by atoms with E-state index in [0.29, 0.717) is 17.1 Å². The van der Waals surface area contributed by atoms with E-state index in [4.69, 9.17) is 22.1 Å². The predicted molar refractivity (Wildman–Crippen MR) is 90.4 cm³/mol. The lowest BCUT2D eigenvalue weighted by Crippen LogP contribution is -2.50. The molecule has 0 saturated carbocycles. The van der Waals surface area contributed by atoms with Crippen LogP contribution in [0.3, 0.4) is 0 Å². The van der Waals surface area contributed by atoms with Gasteiger partial charge in [-0.15, -0.1) is 8.78 Å². The number of carbonyl (C=O) groups is 1. The van der Waals surface area contributed by atoms with E-state index in [-0.39, 0.29) is 22.2 Å². The minimum atomic E-state index is -3.79. The van der Waals surface area contributed by atoms with Crippen LogP contribution in [-0.2, 0) is 4.79 Å². The smallest absolute Gasteiger partial charge is 0.476 e. The molecule has 9 heteroatoms. The molecule has 2 heterocycles. The Bertz CT molecular complexity index is 949. The van der Waals surface area contributed by atoms with Gasteiger partial charge in [-0.3, -0.25) is 9.69 Å². The number of nitrogens with two attached hydrogens (primary N) is 1. The van der Waals surface area contributed by atoms with Crippen molar-refractivity contribution in [2.75, 3.05) is 10.6 Å². The minimum absolute atomic E-state index is 0.0406. The van der Waals surface area contributed by atoms with Crippen molar-refractivity contribution >= 4 is 34.6 Å². The summed E-state index contributed by atoms with van der Waals surface area (Å²) in [6, 6.07) is 7.17. The van der Waals surface area contributed by atoms with Gasteiger partial charge in [0.15, 0.2) is 17.1 Å². The fourth-order valence-corrected chi connectivity index (χ4v) is 3.10. The largest absolute Gasteiger partial charge is 0.586 e. The number of ether oxygens (including phenoxy) is 3. The van der Waals surface area contributed by atoms with E-state index in [1.165, 1.54) is 17.0 Å². The van der Waals surface area contributed by atoms with Crippen molar-refractivity contribution in [3.8, 4) is 17.2 Å². The number of alkyl halides is 2. The van der Waals surface area contributed by atoms with Gasteiger partial charge >= 0.3 is 6.29 Å². The highest BCUT2D eigenvalue weighted by Gasteiger charge is 2.46. The van der Waals surface area contributed by atoms with Gasteiger partial charge in [0.1, 0.15) is 5.75 Å². The third kappa shape index (κ3) is 2.48. The van der Waals surface area contributed by atoms with E-state index in [1.54, 1.807) is 32.0 Å². The first-order valence-electron chi connectivity index (χ1n) is 7.60. The maximum Gasteiger partial charge on any atom is 0.586 e. The topological polar surface area (TPSA) is 74.0 Å². The third-order valence-electron chi connectivity index (χ3n) is 4.02. The Hall–Kier alpha value is -2.74. The van der Waals surface area contributed by atoms with Crippen molar-refractivity contribution in [2.24, 2.45) is 0 Å². The van der Waals surface area contributed by atoms with Crippen molar-refractivity contribution < 1.29 is 27.8 Å². The molecule has 2 aliphatic heterocycles.